The Morgan fingerprint density at radius 3 is 2.00 bits per heavy atom. The zero-order chi connectivity index (χ0) is 12.3. The van der Waals surface area contributed by atoms with Crippen LogP contribution in [-0.2, 0) is 5.67 Å². The van der Waals surface area contributed by atoms with E-state index < -0.39 is 5.67 Å². The van der Waals surface area contributed by atoms with Crippen LogP contribution in [0.15, 0.2) is 54.6 Å². The minimum atomic E-state index is -1.45. The molecule has 0 fully saturated rings. The highest BCUT2D eigenvalue weighted by atomic mass is 127. The van der Waals surface area contributed by atoms with Crippen LogP contribution in [0.5, 0.6) is 0 Å². The van der Waals surface area contributed by atoms with Crippen molar-refractivity contribution in [3.63, 3.8) is 0 Å². The van der Waals surface area contributed by atoms with Crippen molar-refractivity contribution in [2.24, 2.45) is 0 Å². The average molecular weight is 361 g/mol. The van der Waals surface area contributed by atoms with Crippen LogP contribution in [0.1, 0.15) is 11.1 Å². The minimum Gasteiger partial charge on any atom is -0.233 e. The first-order chi connectivity index (χ1) is 8.16. The summed E-state index contributed by atoms with van der Waals surface area (Å²) >= 11 is 7.90. The van der Waals surface area contributed by atoms with Gasteiger partial charge in [-0.25, -0.2) is 4.39 Å². The van der Waals surface area contributed by atoms with E-state index in [2.05, 4.69) is 22.6 Å². The minimum absolute atomic E-state index is 0.371. The zero-order valence-corrected chi connectivity index (χ0v) is 12.0. The molecule has 88 valence electrons. The number of benzene rings is 2. The van der Waals surface area contributed by atoms with Gasteiger partial charge in [0, 0.05) is 9.45 Å². The van der Waals surface area contributed by atoms with E-state index in [1.807, 2.05) is 30.3 Å². The van der Waals surface area contributed by atoms with E-state index in [1.165, 1.54) is 0 Å². The first kappa shape index (κ1) is 12.8. The molecule has 0 bridgehead atoms. The first-order valence-corrected chi connectivity index (χ1v) is 7.13. The second kappa shape index (κ2) is 5.36. The molecule has 0 aliphatic carbocycles. The molecule has 17 heavy (non-hydrogen) atoms. The van der Waals surface area contributed by atoms with Gasteiger partial charge >= 0.3 is 0 Å². The molecule has 0 N–H and O–H groups in total. The first-order valence-electron chi connectivity index (χ1n) is 5.23. The van der Waals surface area contributed by atoms with Crippen molar-refractivity contribution >= 4 is 34.2 Å². The van der Waals surface area contributed by atoms with Crippen molar-refractivity contribution in [1.82, 2.24) is 0 Å². The molecule has 0 aliphatic rings. The molecule has 0 aliphatic heterocycles. The molecular formula is C14H11ClFI. The van der Waals surface area contributed by atoms with Crippen molar-refractivity contribution < 1.29 is 4.39 Å². The van der Waals surface area contributed by atoms with Gasteiger partial charge in [-0.2, -0.15) is 0 Å². The maximum absolute atomic E-state index is 15.1. The molecule has 1 atom stereocenters. The lowest BCUT2D eigenvalue weighted by Crippen LogP contribution is -2.23. The summed E-state index contributed by atoms with van der Waals surface area (Å²) < 4.78 is 15.4. The van der Waals surface area contributed by atoms with E-state index in [9.17, 15) is 0 Å². The third-order valence-corrected chi connectivity index (χ3v) is 4.02. The lowest BCUT2D eigenvalue weighted by molar-refractivity contribution is 0.262. The highest BCUT2D eigenvalue weighted by Gasteiger charge is 2.32. The average Bonchev–Trinajstić information content (AvgIpc) is 2.40. The van der Waals surface area contributed by atoms with E-state index in [-0.39, 0.29) is 0 Å². The highest BCUT2D eigenvalue weighted by molar-refractivity contribution is 14.1. The molecule has 2 aromatic carbocycles. The van der Waals surface area contributed by atoms with Crippen LogP contribution in [0.3, 0.4) is 0 Å². The van der Waals surface area contributed by atoms with E-state index in [0.29, 0.717) is 20.6 Å². The molecule has 0 saturated carbocycles. The Balaban J connectivity index is 2.48. The number of hydrogen-bond donors (Lipinski definition) is 0. The fraction of sp³-hybridized carbons (Fsp3) is 0.143. The summed E-state index contributed by atoms with van der Waals surface area (Å²) in [5.74, 6) is 0. The van der Waals surface area contributed by atoms with Crippen LogP contribution in [-0.4, -0.2) is 4.43 Å². The van der Waals surface area contributed by atoms with E-state index >= 15 is 4.39 Å². The number of alkyl halides is 2. The van der Waals surface area contributed by atoms with Crippen LogP contribution in [0.2, 0.25) is 5.02 Å². The summed E-state index contributed by atoms with van der Waals surface area (Å²) in [7, 11) is 0. The topological polar surface area (TPSA) is 0 Å². The molecule has 0 amide bonds. The Labute approximate surface area is 119 Å². The maximum atomic E-state index is 15.1. The largest absolute Gasteiger partial charge is 0.233 e. The van der Waals surface area contributed by atoms with Crippen molar-refractivity contribution in [3.05, 3.63) is 70.7 Å². The normalized spacial score (nSPS) is 14.3. The molecule has 2 rings (SSSR count). The van der Waals surface area contributed by atoms with Crippen LogP contribution in [0, 0.1) is 0 Å². The molecule has 0 spiro atoms. The van der Waals surface area contributed by atoms with Gasteiger partial charge in [0.1, 0.15) is 0 Å². The van der Waals surface area contributed by atoms with Gasteiger partial charge in [0.2, 0.25) is 0 Å². The summed E-state index contributed by atoms with van der Waals surface area (Å²) in [6.45, 7) is 0. The quantitative estimate of drug-likeness (QED) is 0.534. The number of halogens is 3. The van der Waals surface area contributed by atoms with Gasteiger partial charge in [-0.05, 0) is 23.3 Å². The van der Waals surface area contributed by atoms with Crippen molar-refractivity contribution in [2.75, 3.05) is 4.43 Å². The second-order valence-corrected chi connectivity index (χ2v) is 5.01. The Morgan fingerprint density at radius 2 is 1.47 bits per heavy atom. The standard InChI is InChI=1S/C14H11ClFI/c15-13-8-6-12(7-9-13)14(16,10-17)11-4-2-1-3-5-11/h1-9H,10H2. The van der Waals surface area contributed by atoms with Gasteiger partial charge in [-0.3, -0.25) is 0 Å². The Morgan fingerprint density at radius 1 is 0.941 bits per heavy atom. The predicted octanol–water partition coefficient (Wildman–Crippen LogP) is 4.99. The third-order valence-electron chi connectivity index (χ3n) is 2.72. The van der Waals surface area contributed by atoms with E-state index in [4.69, 9.17) is 11.6 Å². The molecule has 0 radical (unpaired) electrons. The third kappa shape index (κ3) is 2.63. The van der Waals surface area contributed by atoms with Crippen LogP contribution in [0.4, 0.5) is 4.39 Å². The summed E-state index contributed by atoms with van der Waals surface area (Å²) in [5.41, 5.74) is -0.133. The Kier molecular flexibility index (Phi) is 4.05. The van der Waals surface area contributed by atoms with Gasteiger partial charge in [-0.15, -0.1) is 0 Å². The fourth-order valence-electron chi connectivity index (χ4n) is 1.74. The molecule has 0 aromatic heterocycles. The van der Waals surface area contributed by atoms with Gasteiger partial charge in [0.15, 0.2) is 5.67 Å². The maximum Gasteiger partial charge on any atom is 0.169 e. The van der Waals surface area contributed by atoms with Gasteiger partial charge < -0.3 is 0 Å². The lowest BCUT2D eigenvalue weighted by Gasteiger charge is -2.24. The molecule has 3 heteroatoms. The molecule has 2 aromatic rings. The van der Waals surface area contributed by atoms with E-state index in [0.717, 1.165) is 0 Å². The van der Waals surface area contributed by atoms with E-state index in [1.54, 1.807) is 24.3 Å². The number of hydrogen-bond acceptors (Lipinski definition) is 0. The summed E-state index contributed by atoms with van der Waals surface area (Å²) in [4.78, 5) is 0. The van der Waals surface area contributed by atoms with Crippen LogP contribution >= 0.6 is 34.2 Å². The molecule has 0 nitrogen and oxygen atoms in total. The fourth-order valence-corrected chi connectivity index (χ4v) is 2.74. The lowest BCUT2D eigenvalue weighted by atomic mass is 9.90. The van der Waals surface area contributed by atoms with Gasteiger partial charge in [0.05, 0.1) is 0 Å². The molecule has 0 heterocycles. The summed E-state index contributed by atoms with van der Waals surface area (Å²) in [6, 6.07) is 16.2. The summed E-state index contributed by atoms with van der Waals surface area (Å²) in [6.07, 6.45) is 0. The monoisotopic (exact) mass is 360 g/mol. The van der Waals surface area contributed by atoms with Crippen molar-refractivity contribution in [3.8, 4) is 0 Å². The van der Waals surface area contributed by atoms with Crippen LogP contribution < -0.4 is 0 Å². The molecule has 0 saturated heterocycles. The van der Waals surface area contributed by atoms with Crippen molar-refractivity contribution in [2.45, 2.75) is 5.67 Å². The predicted molar refractivity (Wildman–Crippen MR) is 78.7 cm³/mol. The Hall–Kier alpha value is -0.610. The smallest absolute Gasteiger partial charge is 0.169 e. The molecular weight excluding hydrogens is 350 g/mol. The SMILES string of the molecule is FC(CI)(c1ccccc1)c1ccc(Cl)cc1. The zero-order valence-electron chi connectivity index (χ0n) is 9.04. The highest BCUT2D eigenvalue weighted by Crippen LogP contribution is 2.36. The van der Waals surface area contributed by atoms with Gasteiger partial charge in [-0.1, -0.05) is 76.7 Å². The second-order valence-electron chi connectivity index (χ2n) is 3.81. The van der Waals surface area contributed by atoms with Crippen LogP contribution in [0.25, 0.3) is 0 Å². The van der Waals surface area contributed by atoms with Crippen molar-refractivity contribution in [1.29, 1.82) is 0 Å². The Bertz CT molecular complexity index is 483. The summed E-state index contributed by atoms with van der Waals surface area (Å²) in [5, 5.41) is 0.623. The molecule has 1 unspecified atom stereocenters. The van der Waals surface area contributed by atoms with Gasteiger partial charge in [0.25, 0.3) is 0 Å². The number of rotatable bonds is 3.